The quantitative estimate of drug-likeness (QED) is 0.636. The Bertz CT molecular complexity index is 1090. The predicted molar refractivity (Wildman–Crippen MR) is 109 cm³/mol. The van der Waals surface area contributed by atoms with Crippen LogP contribution in [0, 0.1) is 12.8 Å². The molecule has 7 nitrogen and oxygen atoms in total. The summed E-state index contributed by atoms with van der Waals surface area (Å²) in [6.07, 6.45) is 1.37. The Kier molecular flexibility index (Phi) is 5.53. The number of nitrogens with zero attached hydrogens (tertiary/aromatic N) is 2. The van der Waals surface area contributed by atoms with E-state index in [-0.39, 0.29) is 17.5 Å². The number of rotatable bonds is 6. The van der Waals surface area contributed by atoms with E-state index < -0.39 is 6.09 Å². The second-order valence-corrected chi connectivity index (χ2v) is 7.36. The first-order valence-corrected chi connectivity index (χ1v) is 9.28. The third-order valence-electron chi connectivity index (χ3n) is 4.94. The largest absolute Gasteiger partial charge is 0.493 e. The van der Waals surface area contributed by atoms with Gasteiger partial charge in [-0.2, -0.15) is 0 Å². The maximum absolute atomic E-state index is 12.8. The second kappa shape index (κ2) is 7.88. The number of amides is 1. The maximum atomic E-state index is 12.8. The fourth-order valence-electron chi connectivity index (χ4n) is 3.62. The number of nitrogens with one attached hydrogen (secondary N) is 1. The van der Waals surface area contributed by atoms with E-state index in [9.17, 15) is 9.59 Å². The number of aryl methyl sites for hydroxylation is 2. The number of aromatic nitrogens is 2. The topological polar surface area (TPSA) is 93.5 Å². The SMILES string of the molecule is Cc1nccc2c1c(=O)n(C)c1cc(OCC(C)CC(C)NC(=O)O)ccc21. The molecule has 7 heteroatoms. The van der Waals surface area contributed by atoms with Gasteiger partial charge in [-0.25, -0.2) is 4.79 Å². The molecular weight excluding hydrogens is 358 g/mol. The molecule has 2 atom stereocenters. The lowest BCUT2D eigenvalue weighted by molar-refractivity contribution is 0.185. The van der Waals surface area contributed by atoms with Crippen LogP contribution in [0.5, 0.6) is 5.75 Å². The molecule has 1 aromatic carbocycles. The molecule has 0 aliphatic heterocycles. The van der Waals surface area contributed by atoms with Crippen LogP contribution in [0.3, 0.4) is 0 Å². The first kappa shape index (κ1) is 19.7. The molecule has 1 amide bonds. The Morgan fingerprint density at radius 2 is 2.04 bits per heavy atom. The van der Waals surface area contributed by atoms with Crippen LogP contribution in [0.2, 0.25) is 0 Å². The van der Waals surface area contributed by atoms with Crippen molar-refractivity contribution in [2.75, 3.05) is 6.61 Å². The standard InChI is InChI=1S/C21H25N3O4/c1-12(9-13(2)23-21(26)27)11-28-15-5-6-16-17-7-8-22-14(3)19(17)20(25)24(4)18(16)10-15/h5-8,10,12-13,23H,9,11H2,1-4H3,(H,26,27). The van der Waals surface area contributed by atoms with Crippen molar-refractivity contribution in [1.82, 2.24) is 14.9 Å². The average molecular weight is 383 g/mol. The number of hydrogen-bond donors (Lipinski definition) is 2. The molecule has 2 aromatic heterocycles. The van der Waals surface area contributed by atoms with Crippen molar-refractivity contribution in [2.45, 2.75) is 33.2 Å². The summed E-state index contributed by atoms with van der Waals surface area (Å²) < 4.78 is 7.54. The van der Waals surface area contributed by atoms with E-state index in [1.165, 1.54) is 0 Å². The molecule has 3 aromatic rings. The highest BCUT2D eigenvalue weighted by molar-refractivity contribution is 6.06. The predicted octanol–water partition coefficient (Wildman–Crippen LogP) is 3.46. The highest BCUT2D eigenvalue weighted by Crippen LogP contribution is 2.27. The van der Waals surface area contributed by atoms with Gasteiger partial charge in [-0.05, 0) is 49.8 Å². The normalized spacial score (nSPS) is 13.4. The number of pyridine rings is 2. The highest BCUT2D eigenvalue weighted by atomic mass is 16.5. The summed E-state index contributed by atoms with van der Waals surface area (Å²) in [7, 11) is 1.75. The van der Waals surface area contributed by atoms with Gasteiger partial charge < -0.3 is 19.7 Å². The summed E-state index contributed by atoms with van der Waals surface area (Å²) in [5.41, 5.74) is 1.44. The van der Waals surface area contributed by atoms with E-state index in [1.54, 1.807) is 17.8 Å². The van der Waals surface area contributed by atoms with E-state index in [0.717, 1.165) is 22.0 Å². The van der Waals surface area contributed by atoms with E-state index >= 15 is 0 Å². The number of fused-ring (bicyclic) bond motifs is 3. The van der Waals surface area contributed by atoms with Gasteiger partial charge >= 0.3 is 6.09 Å². The Morgan fingerprint density at radius 3 is 2.75 bits per heavy atom. The van der Waals surface area contributed by atoms with Crippen LogP contribution in [0.15, 0.2) is 35.3 Å². The van der Waals surface area contributed by atoms with Gasteiger partial charge in [0.15, 0.2) is 0 Å². The molecule has 0 radical (unpaired) electrons. The third-order valence-corrected chi connectivity index (χ3v) is 4.94. The van der Waals surface area contributed by atoms with Crippen LogP contribution in [0.1, 0.15) is 26.0 Å². The summed E-state index contributed by atoms with van der Waals surface area (Å²) in [5, 5.41) is 13.7. The van der Waals surface area contributed by atoms with Crippen LogP contribution in [0.4, 0.5) is 4.79 Å². The number of carboxylic acid groups (broad SMARTS) is 1. The van der Waals surface area contributed by atoms with Gasteiger partial charge in [0.25, 0.3) is 5.56 Å². The molecule has 2 heterocycles. The number of ether oxygens (including phenoxy) is 1. The zero-order chi connectivity index (χ0) is 20.4. The van der Waals surface area contributed by atoms with Crippen molar-refractivity contribution >= 4 is 27.8 Å². The lowest BCUT2D eigenvalue weighted by Gasteiger charge is -2.18. The highest BCUT2D eigenvalue weighted by Gasteiger charge is 2.14. The Balaban J connectivity index is 1.85. The van der Waals surface area contributed by atoms with E-state index in [1.807, 2.05) is 45.0 Å². The second-order valence-electron chi connectivity index (χ2n) is 7.36. The van der Waals surface area contributed by atoms with Crippen molar-refractivity contribution in [1.29, 1.82) is 0 Å². The molecule has 0 bridgehead atoms. The Labute approximate surface area is 163 Å². The average Bonchev–Trinajstić information content (AvgIpc) is 2.63. The van der Waals surface area contributed by atoms with Crippen LogP contribution >= 0.6 is 0 Å². The minimum Gasteiger partial charge on any atom is -0.493 e. The minimum atomic E-state index is -1.02. The molecule has 0 saturated heterocycles. The monoisotopic (exact) mass is 383 g/mol. The zero-order valence-electron chi connectivity index (χ0n) is 16.5. The van der Waals surface area contributed by atoms with Gasteiger partial charge in [0.1, 0.15) is 5.75 Å². The van der Waals surface area contributed by atoms with Crippen LogP contribution in [-0.4, -0.2) is 33.4 Å². The molecule has 2 N–H and O–H groups in total. The summed E-state index contributed by atoms with van der Waals surface area (Å²) in [6, 6.07) is 7.46. The first-order valence-electron chi connectivity index (χ1n) is 9.28. The van der Waals surface area contributed by atoms with Crippen LogP contribution in [-0.2, 0) is 7.05 Å². The van der Waals surface area contributed by atoms with Gasteiger partial charge in [-0.3, -0.25) is 9.78 Å². The molecule has 0 aliphatic carbocycles. The summed E-state index contributed by atoms with van der Waals surface area (Å²) in [6.45, 7) is 6.15. The molecule has 148 valence electrons. The fraction of sp³-hybridized carbons (Fsp3) is 0.381. The smallest absolute Gasteiger partial charge is 0.404 e. The van der Waals surface area contributed by atoms with Crippen LogP contribution < -0.4 is 15.6 Å². The number of hydrogen-bond acceptors (Lipinski definition) is 4. The lowest BCUT2D eigenvalue weighted by Crippen LogP contribution is -2.33. The molecule has 0 saturated carbocycles. The first-order chi connectivity index (χ1) is 13.3. The molecule has 0 aliphatic rings. The van der Waals surface area contributed by atoms with Gasteiger partial charge in [-0.1, -0.05) is 6.92 Å². The summed E-state index contributed by atoms with van der Waals surface area (Å²) in [4.78, 5) is 27.7. The van der Waals surface area contributed by atoms with Crippen molar-refractivity contribution in [3.05, 3.63) is 46.5 Å². The van der Waals surface area contributed by atoms with Gasteiger partial charge in [0.05, 0.1) is 23.2 Å². The molecule has 28 heavy (non-hydrogen) atoms. The van der Waals surface area contributed by atoms with E-state index in [0.29, 0.717) is 24.2 Å². The van der Waals surface area contributed by atoms with E-state index in [4.69, 9.17) is 9.84 Å². The Morgan fingerprint density at radius 1 is 1.29 bits per heavy atom. The zero-order valence-corrected chi connectivity index (χ0v) is 16.5. The van der Waals surface area contributed by atoms with Crippen LogP contribution in [0.25, 0.3) is 21.7 Å². The third kappa shape index (κ3) is 3.93. The molecule has 3 rings (SSSR count). The van der Waals surface area contributed by atoms with Gasteiger partial charge in [-0.15, -0.1) is 0 Å². The summed E-state index contributed by atoms with van der Waals surface area (Å²) >= 11 is 0. The molecular formula is C21H25N3O4. The molecule has 2 unspecified atom stereocenters. The minimum absolute atomic E-state index is 0.0767. The van der Waals surface area contributed by atoms with Crippen molar-refractivity contribution in [3.8, 4) is 5.75 Å². The summed E-state index contributed by atoms with van der Waals surface area (Å²) in [5.74, 6) is 0.852. The molecule has 0 spiro atoms. The van der Waals surface area contributed by atoms with Gasteiger partial charge in [0.2, 0.25) is 0 Å². The number of carbonyl (C=O) groups is 1. The fourth-order valence-corrected chi connectivity index (χ4v) is 3.62. The lowest BCUT2D eigenvalue weighted by atomic mass is 10.0. The van der Waals surface area contributed by atoms with Gasteiger partial charge in [0, 0.05) is 30.7 Å². The van der Waals surface area contributed by atoms with Crippen molar-refractivity contribution in [3.63, 3.8) is 0 Å². The molecule has 0 fully saturated rings. The maximum Gasteiger partial charge on any atom is 0.404 e. The Hall–Kier alpha value is -3.09. The number of benzene rings is 1. The van der Waals surface area contributed by atoms with Crippen molar-refractivity contribution in [2.24, 2.45) is 13.0 Å². The van der Waals surface area contributed by atoms with Crippen molar-refractivity contribution < 1.29 is 14.6 Å². The van der Waals surface area contributed by atoms with E-state index in [2.05, 4.69) is 10.3 Å².